The minimum absolute atomic E-state index is 0.449. The Morgan fingerprint density at radius 2 is 2.53 bits per heavy atom. The summed E-state index contributed by atoms with van der Waals surface area (Å²) in [5, 5.41) is 3.46. The van der Waals surface area contributed by atoms with Gasteiger partial charge in [0.05, 0.1) is 12.3 Å². The first-order valence-corrected chi connectivity index (χ1v) is 5.82. The smallest absolute Gasteiger partial charge is 0.120 e. The number of nitrogens with zero attached hydrogens (tertiary/aromatic N) is 1. The molecule has 0 bridgehead atoms. The summed E-state index contributed by atoms with van der Waals surface area (Å²) >= 11 is 0. The van der Waals surface area contributed by atoms with Crippen molar-refractivity contribution in [1.29, 1.82) is 0 Å². The van der Waals surface area contributed by atoms with Crippen molar-refractivity contribution >= 4 is 0 Å². The molecule has 3 nitrogen and oxygen atoms in total. The van der Waals surface area contributed by atoms with E-state index in [1.165, 1.54) is 0 Å². The zero-order chi connectivity index (χ0) is 10.7. The highest BCUT2D eigenvalue weighted by atomic mass is 16.3. The van der Waals surface area contributed by atoms with E-state index < -0.39 is 0 Å². The van der Waals surface area contributed by atoms with E-state index in [1.54, 1.807) is 6.26 Å². The van der Waals surface area contributed by atoms with Gasteiger partial charge in [-0.3, -0.25) is 4.90 Å². The van der Waals surface area contributed by atoms with Gasteiger partial charge in [0, 0.05) is 25.7 Å². The van der Waals surface area contributed by atoms with Crippen LogP contribution in [0, 0.1) is 0 Å². The van der Waals surface area contributed by atoms with Crippen molar-refractivity contribution in [3.63, 3.8) is 0 Å². The van der Waals surface area contributed by atoms with E-state index in [9.17, 15) is 0 Å². The zero-order valence-electron chi connectivity index (χ0n) is 9.57. The summed E-state index contributed by atoms with van der Waals surface area (Å²) in [7, 11) is 0. The number of furan rings is 1. The van der Waals surface area contributed by atoms with Crippen LogP contribution in [0.15, 0.2) is 22.8 Å². The summed E-state index contributed by atoms with van der Waals surface area (Å²) in [5.74, 6) is 1.10. The van der Waals surface area contributed by atoms with Gasteiger partial charge in [-0.15, -0.1) is 0 Å². The fraction of sp³-hybridized carbons (Fsp3) is 0.667. The second-order valence-corrected chi connectivity index (χ2v) is 4.29. The minimum atomic E-state index is 0.449. The molecule has 1 aliphatic rings. The van der Waals surface area contributed by atoms with Gasteiger partial charge in [-0.05, 0) is 25.5 Å². The Bertz CT molecular complexity index is 284. The van der Waals surface area contributed by atoms with Crippen molar-refractivity contribution in [3.8, 4) is 0 Å². The van der Waals surface area contributed by atoms with Crippen LogP contribution in [0.5, 0.6) is 0 Å². The Hall–Kier alpha value is -0.800. The van der Waals surface area contributed by atoms with E-state index in [0.29, 0.717) is 12.1 Å². The topological polar surface area (TPSA) is 28.4 Å². The molecule has 2 rings (SSSR count). The molecule has 0 saturated carbocycles. The lowest BCUT2D eigenvalue weighted by Crippen LogP contribution is -2.50. The SMILES string of the molecule is CCC(c1ccco1)N1CCNC(C)C1. The molecular weight excluding hydrogens is 188 g/mol. The largest absolute Gasteiger partial charge is 0.468 e. The third-order valence-corrected chi connectivity index (χ3v) is 3.10. The first-order chi connectivity index (χ1) is 7.31. The highest BCUT2D eigenvalue weighted by Gasteiger charge is 2.24. The molecule has 2 heterocycles. The predicted octanol–water partition coefficient (Wildman–Crippen LogP) is 2.02. The quantitative estimate of drug-likeness (QED) is 0.824. The Labute approximate surface area is 91.4 Å². The minimum Gasteiger partial charge on any atom is -0.468 e. The van der Waals surface area contributed by atoms with Crippen LogP contribution >= 0.6 is 0 Å². The van der Waals surface area contributed by atoms with Crippen LogP contribution in [0.25, 0.3) is 0 Å². The molecular formula is C12H20N2O. The average Bonchev–Trinajstić information content (AvgIpc) is 2.72. The molecule has 1 aromatic heterocycles. The number of rotatable bonds is 3. The fourth-order valence-electron chi connectivity index (χ4n) is 2.37. The van der Waals surface area contributed by atoms with Gasteiger partial charge in [-0.1, -0.05) is 6.92 Å². The van der Waals surface area contributed by atoms with Crippen LogP contribution in [0.3, 0.4) is 0 Å². The molecule has 0 spiro atoms. The summed E-state index contributed by atoms with van der Waals surface area (Å²) < 4.78 is 5.51. The van der Waals surface area contributed by atoms with Crippen LogP contribution in [0.4, 0.5) is 0 Å². The van der Waals surface area contributed by atoms with E-state index in [1.807, 2.05) is 6.07 Å². The van der Waals surface area contributed by atoms with Gasteiger partial charge in [-0.2, -0.15) is 0 Å². The van der Waals surface area contributed by atoms with Crippen LogP contribution < -0.4 is 5.32 Å². The molecule has 3 heteroatoms. The molecule has 1 aromatic rings. The molecule has 2 atom stereocenters. The molecule has 1 saturated heterocycles. The van der Waals surface area contributed by atoms with Crippen LogP contribution in [-0.2, 0) is 0 Å². The van der Waals surface area contributed by atoms with Gasteiger partial charge in [0.25, 0.3) is 0 Å². The van der Waals surface area contributed by atoms with E-state index in [-0.39, 0.29) is 0 Å². The number of hydrogen-bond acceptors (Lipinski definition) is 3. The third kappa shape index (κ3) is 2.41. The van der Waals surface area contributed by atoms with Crippen molar-refractivity contribution in [2.45, 2.75) is 32.4 Å². The third-order valence-electron chi connectivity index (χ3n) is 3.10. The maximum Gasteiger partial charge on any atom is 0.120 e. The van der Waals surface area contributed by atoms with Crippen molar-refractivity contribution in [2.24, 2.45) is 0 Å². The van der Waals surface area contributed by atoms with Gasteiger partial charge in [0.1, 0.15) is 5.76 Å². The number of piperazine rings is 1. The Morgan fingerprint density at radius 1 is 1.67 bits per heavy atom. The molecule has 0 radical (unpaired) electrons. The Kier molecular flexibility index (Phi) is 3.44. The van der Waals surface area contributed by atoms with Crippen molar-refractivity contribution in [3.05, 3.63) is 24.2 Å². The van der Waals surface area contributed by atoms with Crippen molar-refractivity contribution in [1.82, 2.24) is 10.2 Å². The first kappa shape index (κ1) is 10.7. The zero-order valence-corrected chi connectivity index (χ0v) is 9.57. The van der Waals surface area contributed by atoms with Gasteiger partial charge < -0.3 is 9.73 Å². The van der Waals surface area contributed by atoms with Crippen LogP contribution in [0.2, 0.25) is 0 Å². The lowest BCUT2D eigenvalue weighted by Gasteiger charge is -2.36. The maximum absolute atomic E-state index is 5.51. The summed E-state index contributed by atoms with van der Waals surface area (Å²) in [4.78, 5) is 2.51. The summed E-state index contributed by atoms with van der Waals surface area (Å²) in [5.41, 5.74) is 0. The molecule has 0 amide bonds. The lowest BCUT2D eigenvalue weighted by molar-refractivity contribution is 0.129. The van der Waals surface area contributed by atoms with Crippen molar-refractivity contribution in [2.75, 3.05) is 19.6 Å². The Morgan fingerprint density at radius 3 is 3.13 bits per heavy atom. The molecule has 0 aromatic carbocycles. The molecule has 15 heavy (non-hydrogen) atoms. The van der Waals surface area contributed by atoms with E-state index >= 15 is 0 Å². The van der Waals surface area contributed by atoms with Gasteiger partial charge in [0.2, 0.25) is 0 Å². The van der Waals surface area contributed by atoms with Gasteiger partial charge in [-0.25, -0.2) is 0 Å². The molecule has 1 aliphatic heterocycles. The normalized spacial score (nSPS) is 25.3. The molecule has 2 unspecified atom stereocenters. The summed E-state index contributed by atoms with van der Waals surface area (Å²) in [6, 6.07) is 5.09. The molecule has 1 N–H and O–H groups in total. The summed E-state index contributed by atoms with van der Waals surface area (Å²) in [6.45, 7) is 7.77. The Balaban J connectivity index is 2.06. The van der Waals surface area contributed by atoms with E-state index in [4.69, 9.17) is 4.42 Å². The van der Waals surface area contributed by atoms with Gasteiger partial charge >= 0.3 is 0 Å². The molecule has 0 aliphatic carbocycles. The predicted molar refractivity (Wildman–Crippen MR) is 60.8 cm³/mol. The first-order valence-electron chi connectivity index (χ1n) is 5.82. The van der Waals surface area contributed by atoms with Crippen molar-refractivity contribution < 1.29 is 4.42 Å². The fourth-order valence-corrected chi connectivity index (χ4v) is 2.37. The van der Waals surface area contributed by atoms with Gasteiger partial charge in [0.15, 0.2) is 0 Å². The average molecular weight is 208 g/mol. The second-order valence-electron chi connectivity index (χ2n) is 4.29. The second kappa shape index (κ2) is 4.81. The van der Waals surface area contributed by atoms with Crippen LogP contribution in [0.1, 0.15) is 32.1 Å². The highest BCUT2D eigenvalue weighted by Crippen LogP contribution is 2.25. The standard InChI is InChI=1S/C12H20N2O/c1-3-11(12-5-4-8-15-12)14-7-6-13-10(2)9-14/h4-5,8,10-11,13H,3,6-7,9H2,1-2H3. The van der Waals surface area contributed by atoms with Crippen LogP contribution in [-0.4, -0.2) is 30.6 Å². The van der Waals surface area contributed by atoms with E-state index in [2.05, 4.69) is 30.1 Å². The highest BCUT2D eigenvalue weighted by molar-refractivity contribution is 5.05. The number of nitrogens with one attached hydrogen (secondary N) is 1. The molecule has 1 fully saturated rings. The van der Waals surface area contributed by atoms with E-state index in [0.717, 1.165) is 31.8 Å². The monoisotopic (exact) mass is 208 g/mol. The summed E-state index contributed by atoms with van der Waals surface area (Å²) in [6.07, 6.45) is 2.88. The molecule has 84 valence electrons. The lowest BCUT2D eigenvalue weighted by atomic mass is 10.1. The number of hydrogen-bond donors (Lipinski definition) is 1. The maximum atomic E-state index is 5.51.